The molecule has 0 saturated heterocycles. The predicted molar refractivity (Wildman–Crippen MR) is 78.0 cm³/mol. The van der Waals surface area contributed by atoms with Gasteiger partial charge in [0.05, 0.1) is 5.75 Å². The van der Waals surface area contributed by atoms with Crippen molar-refractivity contribution in [2.45, 2.75) is 19.4 Å². The van der Waals surface area contributed by atoms with E-state index in [4.69, 9.17) is 0 Å². The molecule has 0 aromatic heterocycles. The number of amides is 1. The predicted octanol–water partition coefficient (Wildman–Crippen LogP) is 0.0787. The van der Waals surface area contributed by atoms with E-state index >= 15 is 0 Å². The molecule has 0 aliphatic carbocycles. The molecule has 0 bridgehead atoms. The van der Waals surface area contributed by atoms with Crippen LogP contribution in [0.5, 0.6) is 0 Å². The normalized spacial score (nSPS) is 17.4. The molecule has 1 heterocycles. The molecule has 0 radical (unpaired) electrons. The maximum Gasteiger partial charge on any atom is 0.242 e. The number of benzene rings is 1. The lowest BCUT2D eigenvalue weighted by molar-refractivity contribution is -0.121. The Hall–Kier alpha value is -1.60. The van der Waals surface area contributed by atoms with Gasteiger partial charge >= 0.3 is 0 Å². The Morgan fingerprint density at radius 1 is 1.40 bits per heavy atom. The summed E-state index contributed by atoms with van der Waals surface area (Å²) in [6.07, 6.45) is 0.627. The average Bonchev–Trinajstić information content (AvgIpc) is 2.82. The number of para-hydroxylation sites is 1. The van der Waals surface area contributed by atoms with Crippen molar-refractivity contribution < 1.29 is 13.2 Å². The highest BCUT2D eigenvalue weighted by Gasteiger charge is 2.26. The molecule has 1 aromatic carbocycles. The van der Waals surface area contributed by atoms with E-state index in [-0.39, 0.29) is 24.2 Å². The van der Waals surface area contributed by atoms with Crippen LogP contribution in [0, 0.1) is 0 Å². The zero-order chi connectivity index (χ0) is 14.6. The van der Waals surface area contributed by atoms with E-state index in [2.05, 4.69) is 15.4 Å². The van der Waals surface area contributed by atoms with Crippen molar-refractivity contribution in [1.82, 2.24) is 10.0 Å². The van der Waals surface area contributed by atoms with Gasteiger partial charge in [0.25, 0.3) is 0 Å². The van der Waals surface area contributed by atoms with Crippen molar-refractivity contribution in [2.24, 2.45) is 0 Å². The minimum atomic E-state index is -3.29. The molecule has 1 atom stereocenters. The van der Waals surface area contributed by atoms with E-state index in [1.807, 2.05) is 24.3 Å². The van der Waals surface area contributed by atoms with Gasteiger partial charge in [0, 0.05) is 25.2 Å². The van der Waals surface area contributed by atoms with Crippen LogP contribution in [-0.4, -0.2) is 39.2 Å². The van der Waals surface area contributed by atoms with E-state index in [9.17, 15) is 13.2 Å². The van der Waals surface area contributed by atoms with Gasteiger partial charge in [-0.25, -0.2) is 13.1 Å². The summed E-state index contributed by atoms with van der Waals surface area (Å²) in [4.78, 5) is 12.0. The summed E-state index contributed by atoms with van der Waals surface area (Å²) in [6.45, 7) is 2.19. The fraction of sp³-hybridized carbons (Fsp3) is 0.462. The maximum absolute atomic E-state index is 12.0. The van der Waals surface area contributed by atoms with Gasteiger partial charge in [-0.15, -0.1) is 0 Å². The summed E-state index contributed by atoms with van der Waals surface area (Å²) in [6, 6.07) is 7.43. The summed E-state index contributed by atoms with van der Waals surface area (Å²) in [5.41, 5.74) is 2.07. The first kappa shape index (κ1) is 14.8. The molecule has 0 saturated carbocycles. The molecule has 3 N–H and O–H groups in total. The lowest BCUT2D eigenvalue weighted by atomic mass is 10.1. The van der Waals surface area contributed by atoms with Crippen LogP contribution in [0.3, 0.4) is 0 Å². The quantitative estimate of drug-likeness (QED) is 0.694. The van der Waals surface area contributed by atoms with E-state index in [1.54, 1.807) is 6.92 Å². The molecule has 7 heteroatoms. The Morgan fingerprint density at radius 2 is 2.15 bits per heavy atom. The van der Waals surface area contributed by atoms with Gasteiger partial charge in [-0.05, 0) is 11.6 Å². The van der Waals surface area contributed by atoms with E-state index in [1.165, 1.54) is 0 Å². The molecular formula is C13H19N3O3S. The summed E-state index contributed by atoms with van der Waals surface area (Å²) >= 11 is 0. The lowest BCUT2D eigenvalue weighted by Gasteiger charge is -2.12. The van der Waals surface area contributed by atoms with Crippen LogP contribution in [-0.2, 0) is 21.2 Å². The van der Waals surface area contributed by atoms with E-state index in [0.717, 1.165) is 11.3 Å². The van der Waals surface area contributed by atoms with Crippen LogP contribution in [0.4, 0.5) is 5.69 Å². The van der Waals surface area contributed by atoms with Crippen LogP contribution < -0.4 is 15.4 Å². The molecule has 0 fully saturated rings. The van der Waals surface area contributed by atoms with Gasteiger partial charge in [0.15, 0.2) is 0 Å². The monoisotopic (exact) mass is 297 g/mol. The van der Waals surface area contributed by atoms with Crippen LogP contribution in [0.25, 0.3) is 0 Å². The van der Waals surface area contributed by atoms with Gasteiger partial charge < -0.3 is 10.6 Å². The lowest BCUT2D eigenvalue weighted by Crippen LogP contribution is -2.41. The summed E-state index contributed by atoms with van der Waals surface area (Å²) < 4.78 is 25.3. The van der Waals surface area contributed by atoms with Crippen LogP contribution >= 0.6 is 0 Å². The molecule has 110 valence electrons. The summed E-state index contributed by atoms with van der Waals surface area (Å²) in [7, 11) is -3.29. The molecule has 6 nitrogen and oxygen atoms in total. The minimum Gasteiger partial charge on any atom is -0.373 e. The summed E-state index contributed by atoms with van der Waals surface area (Å²) in [5.74, 6) is -0.278. The first-order chi connectivity index (χ1) is 9.52. The maximum atomic E-state index is 12.0. The third-order valence-electron chi connectivity index (χ3n) is 3.12. The molecule has 1 unspecified atom stereocenters. The molecule has 1 aliphatic rings. The van der Waals surface area contributed by atoms with Crippen molar-refractivity contribution in [2.75, 3.05) is 24.2 Å². The molecular weight excluding hydrogens is 278 g/mol. The highest BCUT2D eigenvalue weighted by atomic mass is 32.2. The van der Waals surface area contributed by atoms with Gasteiger partial charge in [0.2, 0.25) is 15.9 Å². The third-order valence-corrected chi connectivity index (χ3v) is 4.59. The Bertz CT molecular complexity index is 561. The van der Waals surface area contributed by atoms with Crippen LogP contribution in [0.15, 0.2) is 24.3 Å². The molecule has 0 spiro atoms. The molecule has 20 heavy (non-hydrogen) atoms. The number of hydrogen-bond donors (Lipinski definition) is 3. The molecule has 1 aromatic rings. The minimum absolute atomic E-state index is 0.105. The number of carbonyl (C=O) groups excluding carboxylic acids is 1. The summed E-state index contributed by atoms with van der Waals surface area (Å²) in [5, 5.41) is 5.78. The number of fused-ring (bicyclic) bond motifs is 1. The number of nitrogens with one attached hydrogen (secondary N) is 3. The van der Waals surface area contributed by atoms with Crippen LogP contribution in [0.1, 0.15) is 12.5 Å². The highest BCUT2D eigenvalue weighted by molar-refractivity contribution is 7.89. The largest absolute Gasteiger partial charge is 0.373 e. The van der Waals surface area contributed by atoms with Crippen molar-refractivity contribution in [1.29, 1.82) is 0 Å². The number of rotatable bonds is 6. The first-order valence-electron chi connectivity index (χ1n) is 6.61. The SMILES string of the molecule is CCNS(=O)(=O)CCNC(=O)C1Cc2ccccc2N1. The third kappa shape index (κ3) is 3.71. The average molecular weight is 297 g/mol. The number of sulfonamides is 1. The van der Waals surface area contributed by atoms with Gasteiger partial charge in [-0.3, -0.25) is 4.79 Å². The molecule has 1 amide bonds. The second-order valence-electron chi connectivity index (χ2n) is 4.67. The fourth-order valence-corrected chi connectivity index (χ4v) is 3.13. The number of carbonyl (C=O) groups is 1. The fourth-order valence-electron chi connectivity index (χ4n) is 2.18. The Balaban J connectivity index is 1.80. The van der Waals surface area contributed by atoms with Crippen LogP contribution in [0.2, 0.25) is 0 Å². The van der Waals surface area contributed by atoms with Gasteiger partial charge in [-0.2, -0.15) is 0 Å². The van der Waals surface area contributed by atoms with Gasteiger partial charge in [-0.1, -0.05) is 25.1 Å². The van der Waals surface area contributed by atoms with Crippen molar-refractivity contribution >= 4 is 21.6 Å². The van der Waals surface area contributed by atoms with E-state index in [0.29, 0.717) is 13.0 Å². The molecule has 1 aliphatic heterocycles. The number of anilines is 1. The van der Waals surface area contributed by atoms with Crippen molar-refractivity contribution in [3.63, 3.8) is 0 Å². The Labute approximate surface area is 119 Å². The zero-order valence-electron chi connectivity index (χ0n) is 11.3. The number of hydrogen-bond acceptors (Lipinski definition) is 4. The molecule has 2 rings (SSSR count). The van der Waals surface area contributed by atoms with Crippen molar-refractivity contribution in [3.8, 4) is 0 Å². The second-order valence-corrected chi connectivity index (χ2v) is 6.59. The van der Waals surface area contributed by atoms with E-state index < -0.39 is 10.0 Å². The Kier molecular flexibility index (Phi) is 4.61. The zero-order valence-corrected chi connectivity index (χ0v) is 12.2. The van der Waals surface area contributed by atoms with Gasteiger partial charge in [0.1, 0.15) is 6.04 Å². The topological polar surface area (TPSA) is 87.3 Å². The Morgan fingerprint density at radius 3 is 2.85 bits per heavy atom. The standard InChI is InChI=1S/C13H19N3O3S/c1-2-15-20(18,19)8-7-14-13(17)12-9-10-5-3-4-6-11(10)16-12/h3-6,12,15-16H,2,7-9H2,1H3,(H,14,17). The second kappa shape index (κ2) is 6.23. The highest BCUT2D eigenvalue weighted by Crippen LogP contribution is 2.24. The first-order valence-corrected chi connectivity index (χ1v) is 8.26. The smallest absolute Gasteiger partial charge is 0.242 e. The van der Waals surface area contributed by atoms with Crippen molar-refractivity contribution in [3.05, 3.63) is 29.8 Å².